The second-order valence-electron chi connectivity index (χ2n) is 6.19. The maximum atomic E-state index is 13.2. The fraction of sp³-hybridized carbons (Fsp3) is 0.0455. The van der Waals surface area contributed by atoms with Gasteiger partial charge in [-0.2, -0.15) is 0 Å². The zero-order chi connectivity index (χ0) is 19.7. The molecule has 4 aromatic rings. The molecule has 0 saturated carbocycles. The average Bonchev–Trinajstić information content (AvgIpc) is 3.09. The second kappa shape index (κ2) is 6.97. The molecule has 5 nitrogen and oxygen atoms in total. The summed E-state index contributed by atoms with van der Waals surface area (Å²) in [7, 11) is 0. The van der Waals surface area contributed by atoms with Gasteiger partial charge in [0.15, 0.2) is 0 Å². The summed E-state index contributed by atoms with van der Waals surface area (Å²) < 4.78 is 18.5. The zero-order valence-electron chi connectivity index (χ0n) is 14.9. The first-order valence-electron chi connectivity index (χ1n) is 8.46. The number of carbonyl (C=O) groups is 1. The first-order valence-corrected chi connectivity index (χ1v) is 8.46. The number of benzene rings is 2. The van der Waals surface area contributed by atoms with Crippen LogP contribution in [0, 0.1) is 25.1 Å². The van der Waals surface area contributed by atoms with E-state index in [2.05, 4.69) is 21.4 Å². The molecular formula is C22H14FN3O2. The summed E-state index contributed by atoms with van der Waals surface area (Å²) in [5.74, 6) is 1.83. The molecule has 0 radical (unpaired) electrons. The number of rotatable bonds is 3. The average molecular weight is 371 g/mol. The molecule has 0 aliphatic carbocycles. The van der Waals surface area contributed by atoms with Crippen molar-refractivity contribution in [1.29, 1.82) is 0 Å². The molecule has 0 aliphatic rings. The van der Waals surface area contributed by atoms with Gasteiger partial charge in [0.05, 0.1) is 22.3 Å². The van der Waals surface area contributed by atoms with Crippen LogP contribution in [-0.4, -0.2) is 16.0 Å². The molecule has 0 fully saturated rings. The third kappa shape index (κ3) is 3.21. The van der Waals surface area contributed by atoms with Crippen molar-refractivity contribution >= 4 is 22.7 Å². The van der Waals surface area contributed by atoms with Crippen LogP contribution in [0.15, 0.2) is 59.1 Å². The van der Waals surface area contributed by atoms with Crippen molar-refractivity contribution in [2.24, 2.45) is 0 Å². The van der Waals surface area contributed by atoms with Crippen LogP contribution in [0.4, 0.5) is 10.1 Å². The highest BCUT2D eigenvalue weighted by atomic mass is 19.1. The van der Waals surface area contributed by atoms with E-state index in [0.29, 0.717) is 39.2 Å². The van der Waals surface area contributed by atoms with Gasteiger partial charge in [0.2, 0.25) is 0 Å². The smallest absolute Gasteiger partial charge is 0.259 e. The summed E-state index contributed by atoms with van der Waals surface area (Å²) in [5.41, 5.74) is 3.51. The van der Waals surface area contributed by atoms with Gasteiger partial charge in [0.25, 0.3) is 11.6 Å². The van der Waals surface area contributed by atoms with E-state index in [-0.39, 0.29) is 17.4 Å². The van der Waals surface area contributed by atoms with Gasteiger partial charge in [-0.25, -0.2) is 9.37 Å². The number of aryl methyl sites for hydroxylation is 1. The summed E-state index contributed by atoms with van der Waals surface area (Å²) in [6.07, 6.45) is 5.42. The molecule has 28 heavy (non-hydrogen) atoms. The number of hydrogen-bond donors (Lipinski definition) is 1. The SMILES string of the molecule is C#Cc1cccc(NC(=O)c2cc(-c3ccc(F)cc3)nc3onc(C)c23)c1. The largest absolute Gasteiger partial charge is 0.335 e. The Bertz CT molecular complexity index is 1240. The Morgan fingerprint density at radius 1 is 1.18 bits per heavy atom. The fourth-order valence-electron chi connectivity index (χ4n) is 2.93. The Morgan fingerprint density at radius 2 is 1.96 bits per heavy atom. The number of amides is 1. The summed E-state index contributed by atoms with van der Waals surface area (Å²) >= 11 is 0. The first kappa shape index (κ1) is 17.4. The van der Waals surface area contributed by atoms with Gasteiger partial charge in [-0.05, 0) is 55.5 Å². The molecule has 2 heterocycles. The Kier molecular flexibility index (Phi) is 4.34. The van der Waals surface area contributed by atoms with Gasteiger partial charge < -0.3 is 9.84 Å². The monoisotopic (exact) mass is 371 g/mol. The zero-order valence-corrected chi connectivity index (χ0v) is 14.9. The van der Waals surface area contributed by atoms with Crippen molar-refractivity contribution in [2.45, 2.75) is 6.92 Å². The van der Waals surface area contributed by atoms with Crippen molar-refractivity contribution in [3.8, 4) is 23.6 Å². The highest BCUT2D eigenvalue weighted by Crippen LogP contribution is 2.28. The molecule has 0 spiro atoms. The first-order chi connectivity index (χ1) is 13.5. The van der Waals surface area contributed by atoms with E-state index in [9.17, 15) is 9.18 Å². The molecule has 0 aliphatic heterocycles. The van der Waals surface area contributed by atoms with Gasteiger partial charge in [-0.15, -0.1) is 6.42 Å². The number of halogens is 1. The van der Waals surface area contributed by atoms with Gasteiger partial charge in [-0.3, -0.25) is 4.79 Å². The predicted octanol–water partition coefficient (Wildman–Crippen LogP) is 4.57. The number of nitrogens with one attached hydrogen (secondary N) is 1. The fourth-order valence-corrected chi connectivity index (χ4v) is 2.93. The summed E-state index contributed by atoms with van der Waals surface area (Å²) in [6.45, 7) is 1.74. The Hall–Kier alpha value is -3.98. The lowest BCUT2D eigenvalue weighted by atomic mass is 10.0. The lowest BCUT2D eigenvalue weighted by Gasteiger charge is -2.09. The lowest BCUT2D eigenvalue weighted by molar-refractivity contribution is 0.102. The van der Waals surface area contributed by atoms with Gasteiger partial charge in [0, 0.05) is 16.8 Å². The summed E-state index contributed by atoms with van der Waals surface area (Å²) in [6, 6.07) is 14.5. The van der Waals surface area contributed by atoms with E-state index in [4.69, 9.17) is 10.9 Å². The van der Waals surface area contributed by atoms with Crippen LogP contribution in [-0.2, 0) is 0 Å². The molecule has 1 N–H and O–H groups in total. The van der Waals surface area contributed by atoms with Gasteiger partial charge in [0.1, 0.15) is 5.82 Å². The molecular weight excluding hydrogens is 357 g/mol. The summed E-state index contributed by atoms with van der Waals surface area (Å²) in [5, 5.41) is 7.28. The van der Waals surface area contributed by atoms with Crippen molar-refractivity contribution in [3.63, 3.8) is 0 Å². The molecule has 0 saturated heterocycles. The van der Waals surface area contributed by atoms with Crippen LogP contribution in [0.3, 0.4) is 0 Å². The van der Waals surface area contributed by atoms with Crippen molar-refractivity contribution in [1.82, 2.24) is 10.1 Å². The van der Waals surface area contributed by atoms with Crippen molar-refractivity contribution in [3.05, 3.63) is 77.2 Å². The van der Waals surface area contributed by atoms with Crippen LogP contribution in [0.5, 0.6) is 0 Å². The maximum absolute atomic E-state index is 13.2. The standard InChI is InChI=1S/C22H14FN3O2/c1-3-14-5-4-6-17(11-14)24-21(27)18-12-19(15-7-9-16(23)10-8-15)25-22-20(18)13(2)26-28-22/h1,4-12H,2H3,(H,24,27). The minimum atomic E-state index is -0.355. The molecule has 1 amide bonds. The number of pyridine rings is 1. The minimum Gasteiger partial charge on any atom is -0.335 e. The number of carbonyl (C=O) groups excluding carboxylic acids is 1. The van der Waals surface area contributed by atoms with E-state index in [1.165, 1.54) is 12.1 Å². The van der Waals surface area contributed by atoms with E-state index in [0.717, 1.165) is 0 Å². The Labute approximate surface area is 160 Å². The number of fused-ring (bicyclic) bond motifs is 1. The van der Waals surface area contributed by atoms with Crippen LogP contribution < -0.4 is 5.32 Å². The molecule has 0 unspecified atom stereocenters. The van der Waals surface area contributed by atoms with E-state index in [1.54, 1.807) is 49.4 Å². The Morgan fingerprint density at radius 3 is 2.71 bits per heavy atom. The maximum Gasteiger partial charge on any atom is 0.259 e. The quantitative estimate of drug-likeness (QED) is 0.536. The number of nitrogens with zero attached hydrogens (tertiary/aromatic N) is 2. The third-order valence-electron chi connectivity index (χ3n) is 4.29. The van der Waals surface area contributed by atoms with Gasteiger partial charge >= 0.3 is 0 Å². The molecule has 136 valence electrons. The highest BCUT2D eigenvalue weighted by molar-refractivity contribution is 6.13. The van der Waals surface area contributed by atoms with Crippen LogP contribution in [0.1, 0.15) is 21.6 Å². The highest BCUT2D eigenvalue weighted by Gasteiger charge is 2.19. The minimum absolute atomic E-state index is 0.238. The molecule has 6 heteroatoms. The Balaban J connectivity index is 1.80. The second-order valence-corrected chi connectivity index (χ2v) is 6.19. The molecule has 4 rings (SSSR count). The number of anilines is 1. The van der Waals surface area contributed by atoms with Crippen molar-refractivity contribution < 1.29 is 13.7 Å². The van der Waals surface area contributed by atoms with E-state index >= 15 is 0 Å². The van der Waals surface area contributed by atoms with Crippen LogP contribution in [0.25, 0.3) is 22.4 Å². The molecule has 0 atom stereocenters. The molecule has 2 aromatic heterocycles. The van der Waals surface area contributed by atoms with Crippen LogP contribution >= 0.6 is 0 Å². The molecule has 0 bridgehead atoms. The summed E-state index contributed by atoms with van der Waals surface area (Å²) in [4.78, 5) is 17.4. The van der Waals surface area contributed by atoms with E-state index < -0.39 is 0 Å². The topological polar surface area (TPSA) is 68.0 Å². The molecule has 2 aromatic carbocycles. The lowest BCUT2D eigenvalue weighted by Crippen LogP contribution is -2.13. The van der Waals surface area contributed by atoms with Gasteiger partial charge in [-0.1, -0.05) is 17.1 Å². The van der Waals surface area contributed by atoms with Crippen LogP contribution in [0.2, 0.25) is 0 Å². The number of hydrogen-bond acceptors (Lipinski definition) is 4. The number of terminal acetylenes is 1. The van der Waals surface area contributed by atoms with E-state index in [1.807, 2.05) is 0 Å². The normalized spacial score (nSPS) is 10.6. The number of aromatic nitrogens is 2. The predicted molar refractivity (Wildman–Crippen MR) is 104 cm³/mol. The van der Waals surface area contributed by atoms with Crippen molar-refractivity contribution in [2.75, 3.05) is 5.32 Å². The third-order valence-corrected chi connectivity index (χ3v) is 4.29.